The van der Waals surface area contributed by atoms with Crippen molar-refractivity contribution in [3.63, 3.8) is 0 Å². The van der Waals surface area contributed by atoms with E-state index >= 15 is 0 Å². The van der Waals surface area contributed by atoms with Crippen LogP contribution in [0.2, 0.25) is 0 Å². The van der Waals surface area contributed by atoms with E-state index in [-0.39, 0.29) is 0 Å². The molecule has 0 unspecified atom stereocenters. The number of nitrogens with zero attached hydrogens (tertiary/aromatic N) is 3. The van der Waals surface area contributed by atoms with Crippen LogP contribution < -0.4 is 0 Å². The highest BCUT2D eigenvalue weighted by Gasteiger charge is 2.10. The van der Waals surface area contributed by atoms with Crippen molar-refractivity contribution in [1.82, 2.24) is 14.5 Å². The smallest absolute Gasteiger partial charge is 0.0991 e. The van der Waals surface area contributed by atoms with E-state index in [1.807, 2.05) is 24.4 Å². The number of H-pyrrole nitrogens is 1. The van der Waals surface area contributed by atoms with E-state index in [4.69, 9.17) is 5.26 Å². The minimum atomic E-state index is 0.687. The molecule has 0 aliphatic heterocycles. The first kappa shape index (κ1) is 10.6. The van der Waals surface area contributed by atoms with Gasteiger partial charge in [-0.15, -0.1) is 0 Å². The van der Waals surface area contributed by atoms with Crippen molar-refractivity contribution in [2.75, 3.05) is 0 Å². The molecule has 18 heavy (non-hydrogen) atoms. The number of nitrogens with one attached hydrogen (secondary N) is 1. The van der Waals surface area contributed by atoms with Crippen LogP contribution in [-0.2, 0) is 6.54 Å². The SMILES string of the molecule is CCn1c(-c2cnc[nH]2)cc2cc(C#N)ccc21. The van der Waals surface area contributed by atoms with Crippen LogP contribution >= 0.6 is 0 Å². The highest BCUT2D eigenvalue weighted by Crippen LogP contribution is 2.27. The van der Waals surface area contributed by atoms with Crippen LogP contribution in [-0.4, -0.2) is 14.5 Å². The molecule has 0 aliphatic rings. The molecule has 0 amide bonds. The molecule has 0 atom stereocenters. The molecule has 1 N–H and O–H groups in total. The zero-order chi connectivity index (χ0) is 12.5. The monoisotopic (exact) mass is 236 g/mol. The van der Waals surface area contributed by atoms with Crippen molar-refractivity contribution in [2.45, 2.75) is 13.5 Å². The summed E-state index contributed by atoms with van der Waals surface area (Å²) in [4.78, 5) is 7.18. The zero-order valence-electron chi connectivity index (χ0n) is 10.0. The Morgan fingerprint density at radius 2 is 2.28 bits per heavy atom. The molecule has 0 bridgehead atoms. The van der Waals surface area contributed by atoms with Gasteiger partial charge >= 0.3 is 0 Å². The number of imidazole rings is 1. The minimum absolute atomic E-state index is 0.687. The highest BCUT2D eigenvalue weighted by molar-refractivity contribution is 5.87. The number of nitriles is 1. The first-order chi connectivity index (χ1) is 8.83. The highest BCUT2D eigenvalue weighted by atomic mass is 15.0. The Morgan fingerprint density at radius 3 is 2.94 bits per heavy atom. The summed E-state index contributed by atoms with van der Waals surface area (Å²) in [6.07, 6.45) is 3.49. The minimum Gasteiger partial charge on any atom is -0.343 e. The molecular weight excluding hydrogens is 224 g/mol. The van der Waals surface area contributed by atoms with E-state index in [1.54, 1.807) is 6.33 Å². The molecule has 1 aromatic carbocycles. The molecule has 0 aliphatic carbocycles. The standard InChI is InChI=1S/C14H12N4/c1-2-18-13-4-3-10(7-15)5-11(13)6-14(18)12-8-16-9-17-12/h3-6,8-9H,2H2,1H3,(H,16,17). The first-order valence-corrected chi connectivity index (χ1v) is 5.85. The number of aromatic amines is 1. The maximum atomic E-state index is 8.94. The van der Waals surface area contributed by atoms with E-state index in [0.29, 0.717) is 5.56 Å². The largest absolute Gasteiger partial charge is 0.343 e. The molecule has 0 saturated carbocycles. The van der Waals surface area contributed by atoms with Gasteiger partial charge in [0, 0.05) is 17.4 Å². The lowest BCUT2D eigenvalue weighted by Crippen LogP contribution is -1.96. The van der Waals surface area contributed by atoms with Gasteiger partial charge in [-0.25, -0.2) is 4.98 Å². The zero-order valence-corrected chi connectivity index (χ0v) is 10.0. The maximum absolute atomic E-state index is 8.94. The van der Waals surface area contributed by atoms with Crippen molar-refractivity contribution >= 4 is 10.9 Å². The summed E-state index contributed by atoms with van der Waals surface area (Å²) in [5.41, 5.74) is 3.92. The lowest BCUT2D eigenvalue weighted by molar-refractivity contribution is 0.803. The normalized spacial score (nSPS) is 10.7. The van der Waals surface area contributed by atoms with Gasteiger partial charge in [-0.05, 0) is 31.2 Å². The van der Waals surface area contributed by atoms with Gasteiger partial charge in [0.15, 0.2) is 0 Å². The van der Waals surface area contributed by atoms with Crippen LogP contribution in [0.25, 0.3) is 22.3 Å². The Labute approximate surface area is 105 Å². The van der Waals surface area contributed by atoms with Gasteiger partial charge < -0.3 is 9.55 Å². The molecule has 0 fully saturated rings. The van der Waals surface area contributed by atoms with Crippen LogP contribution in [0.4, 0.5) is 0 Å². The fourth-order valence-electron chi connectivity index (χ4n) is 2.30. The molecule has 0 radical (unpaired) electrons. The molecule has 2 heterocycles. The van der Waals surface area contributed by atoms with E-state index in [2.05, 4.69) is 33.6 Å². The quantitative estimate of drug-likeness (QED) is 0.743. The van der Waals surface area contributed by atoms with Gasteiger partial charge in [-0.1, -0.05) is 0 Å². The molecule has 4 nitrogen and oxygen atoms in total. The third-order valence-electron chi connectivity index (χ3n) is 3.12. The fraction of sp³-hybridized carbons (Fsp3) is 0.143. The van der Waals surface area contributed by atoms with Gasteiger partial charge in [0.1, 0.15) is 0 Å². The van der Waals surface area contributed by atoms with Gasteiger partial charge in [0.2, 0.25) is 0 Å². The molecule has 3 rings (SSSR count). The van der Waals surface area contributed by atoms with Crippen LogP contribution in [0.3, 0.4) is 0 Å². The second-order valence-electron chi connectivity index (χ2n) is 4.12. The Kier molecular flexibility index (Phi) is 2.38. The van der Waals surface area contributed by atoms with Crippen LogP contribution in [0.5, 0.6) is 0 Å². The summed E-state index contributed by atoms with van der Waals surface area (Å²) in [5, 5.41) is 10.0. The number of benzene rings is 1. The number of fused-ring (bicyclic) bond motifs is 1. The summed E-state index contributed by atoms with van der Waals surface area (Å²) < 4.78 is 2.21. The van der Waals surface area contributed by atoms with E-state index in [1.165, 1.54) is 0 Å². The number of rotatable bonds is 2. The molecule has 4 heteroatoms. The number of aromatic nitrogens is 3. The topological polar surface area (TPSA) is 57.4 Å². The maximum Gasteiger partial charge on any atom is 0.0991 e. The van der Waals surface area contributed by atoms with Gasteiger partial charge in [-0.3, -0.25) is 0 Å². The number of aryl methyl sites for hydroxylation is 1. The summed E-state index contributed by atoms with van der Waals surface area (Å²) >= 11 is 0. The summed E-state index contributed by atoms with van der Waals surface area (Å²) in [7, 11) is 0. The fourth-order valence-corrected chi connectivity index (χ4v) is 2.30. The average Bonchev–Trinajstić information content (AvgIpc) is 3.04. The van der Waals surface area contributed by atoms with Crippen molar-refractivity contribution in [2.24, 2.45) is 0 Å². The molecule has 3 aromatic rings. The number of hydrogen-bond acceptors (Lipinski definition) is 2. The summed E-state index contributed by atoms with van der Waals surface area (Å²) in [6.45, 7) is 2.99. The Balaban J connectivity index is 2.30. The molecule has 0 spiro atoms. The molecule has 0 saturated heterocycles. The lowest BCUT2D eigenvalue weighted by Gasteiger charge is -2.05. The third-order valence-corrected chi connectivity index (χ3v) is 3.12. The van der Waals surface area contributed by atoms with Gasteiger partial charge in [0.25, 0.3) is 0 Å². The lowest BCUT2D eigenvalue weighted by atomic mass is 10.2. The number of hydrogen-bond donors (Lipinski definition) is 1. The third kappa shape index (κ3) is 1.49. The second-order valence-corrected chi connectivity index (χ2v) is 4.12. The predicted molar refractivity (Wildman–Crippen MR) is 69.9 cm³/mol. The second kappa shape index (κ2) is 4.04. The molecule has 2 aromatic heterocycles. The van der Waals surface area contributed by atoms with Gasteiger partial charge in [0.05, 0.1) is 35.5 Å². The summed E-state index contributed by atoms with van der Waals surface area (Å²) in [6, 6.07) is 10.0. The summed E-state index contributed by atoms with van der Waals surface area (Å²) in [5.74, 6) is 0. The van der Waals surface area contributed by atoms with Crippen molar-refractivity contribution in [1.29, 1.82) is 5.26 Å². The Morgan fingerprint density at radius 1 is 1.39 bits per heavy atom. The van der Waals surface area contributed by atoms with Gasteiger partial charge in [-0.2, -0.15) is 5.26 Å². The van der Waals surface area contributed by atoms with E-state index in [0.717, 1.165) is 28.8 Å². The van der Waals surface area contributed by atoms with Crippen molar-refractivity contribution < 1.29 is 0 Å². The molecular formula is C14H12N4. The van der Waals surface area contributed by atoms with Crippen LogP contribution in [0.15, 0.2) is 36.8 Å². The van der Waals surface area contributed by atoms with Crippen molar-refractivity contribution in [3.05, 3.63) is 42.4 Å². The Bertz CT molecular complexity index is 729. The van der Waals surface area contributed by atoms with E-state index in [9.17, 15) is 0 Å². The van der Waals surface area contributed by atoms with E-state index < -0.39 is 0 Å². The van der Waals surface area contributed by atoms with Crippen molar-refractivity contribution in [3.8, 4) is 17.5 Å². The van der Waals surface area contributed by atoms with Crippen LogP contribution in [0.1, 0.15) is 12.5 Å². The predicted octanol–water partition coefficient (Wildman–Crippen LogP) is 2.92. The first-order valence-electron chi connectivity index (χ1n) is 5.85. The average molecular weight is 236 g/mol. The van der Waals surface area contributed by atoms with Crippen LogP contribution in [0, 0.1) is 11.3 Å². The molecule has 88 valence electrons. The Hall–Kier alpha value is -2.54.